The van der Waals surface area contributed by atoms with Crippen molar-refractivity contribution in [3.05, 3.63) is 65.7 Å². The van der Waals surface area contributed by atoms with Gasteiger partial charge in [-0.3, -0.25) is 24.6 Å². The molecule has 2 aromatic carbocycles. The number of carboxylic acid groups (broad SMARTS) is 1. The highest BCUT2D eigenvalue weighted by atomic mass is 19.4. The van der Waals surface area contributed by atoms with Crippen LogP contribution in [0.1, 0.15) is 37.9 Å². The van der Waals surface area contributed by atoms with Crippen molar-refractivity contribution in [2.24, 2.45) is 11.8 Å². The van der Waals surface area contributed by atoms with Crippen LogP contribution in [0.3, 0.4) is 0 Å². The molecule has 0 saturated carbocycles. The minimum absolute atomic E-state index is 0.0776. The standard InChI is InChI=1S/C26H27F3N2O6/c1-24(2,3)31-21(32)18-19(22(31)33)25(23(34)35,14-36-13-15-7-5-4-6-8-15)30-20(18)16-9-11-17(12-10-16)37-26(27,28)29/h4-12,18-20,30H,13-14H2,1-3H3,(H,34,35). The number of carbonyl (C=O) groups excluding carboxylic acids is 2. The van der Waals surface area contributed by atoms with Crippen LogP contribution < -0.4 is 10.1 Å². The highest BCUT2D eigenvalue weighted by Gasteiger charge is 2.69. The number of benzene rings is 2. The molecule has 2 aliphatic heterocycles. The third kappa shape index (κ3) is 5.05. The number of halogens is 3. The summed E-state index contributed by atoms with van der Waals surface area (Å²) in [6, 6.07) is 12.9. The van der Waals surface area contributed by atoms with Crippen LogP contribution in [-0.4, -0.2) is 51.8 Å². The number of alkyl halides is 3. The van der Waals surface area contributed by atoms with E-state index in [1.165, 1.54) is 12.1 Å². The molecule has 2 heterocycles. The van der Waals surface area contributed by atoms with Crippen LogP contribution >= 0.6 is 0 Å². The van der Waals surface area contributed by atoms with E-state index in [0.29, 0.717) is 5.56 Å². The lowest BCUT2D eigenvalue weighted by atomic mass is 9.79. The summed E-state index contributed by atoms with van der Waals surface area (Å²) in [5.74, 6) is -5.41. The van der Waals surface area contributed by atoms with E-state index in [9.17, 15) is 32.7 Å². The van der Waals surface area contributed by atoms with E-state index in [1.807, 2.05) is 6.07 Å². The first kappa shape index (κ1) is 26.6. The van der Waals surface area contributed by atoms with Crippen molar-refractivity contribution in [1.82, 2.24) is 10.2 Å². The van der Waals surface area contributed by atoms with Crippen LogP contribution in [0.25, 0.3) is 0 Å². The van der Waals surface area contributed by atoms with Crippen molar-refractivity contribution < 1.29 is 42.1 Å². The van der Waals surface area contributed by atoms with Crippen LogP contribution in [0.15, 0.2) is 54.6 Å². The summed E-state index contributed by atoms with van der Waals surface area (Å²) in [6.45, 7) is 4.67. The van der Waals surface area contributed by atoms with E-state index >= 15 is 0 Å². The van der Waals surface area contributed by atoms with E-state index in [4.69, 9.17) is 4.74 Å². The Bertz CT molecular complexity index is 1180. The highest BCUT2D eigenvalue weighted by molar-refractivity contribution is 6.10. The average molecular weight is 521 g/mol. The van der Waals surface area contributed by atoms with Gasteiger partial charge in [0.15, 0.2) is 5.54 Å². The van der Waals surface area contributed by atoms with Crippen molar-refractivity contribution >= 4 is 17.8 Å². The van der Waals surface area contributed by atoms with Gasteiger partial charge in [0.2, 0.25) is 11.8 Å². The quantitative estimate of drug-likeness (QED) is 0.537. The van der Waals surface area contributed by atoms with Gasteiger partial charge in [-0.25, -0.2) is 0 Å². The Hall–Kier alpha value is -3.44. The zero-order chi connectivity index (χ0) is 27.2. The smallest absolute Gasteiger partial charge is 0.480 e. The molecule has 4 atom stereocenters. The molecular formula is C26H27F3N2O6. The van der Waals surface area contributed by atoms with Gasteiger partial charge in [0, 0.05) is 11.6 Å². The van der Waals surface area contributed by atoms with Crippen molar-refractivity contribution in [3.63, 3.8) is 0 Å². The number of rotatable bonds is 7. The van der Waals surface area contributed by atoms with Crippen molar-refractivity contribution in [3.8, 4) is 5.75 Å². The normalized spacial score (nSPS) is 25.9. The number of aliphatic carboxylic acids is 1. The molecule has 2 amide bonds. The minimum atomic E-state index is -4.88. The summed E-state index contributed by atoms with van der Waals surface area (Å²) in [5, 5.41) is 13.3. The van der Waals surface area contributed by atoms with Crippen LogP contribution in [-0.2, 0) is 25.7 Å². The first-order chi connectivity index (χ1) is 17.2. The maximum atomic E-state index is 13.6. The molecule has 4 unspecified atom stereocenters. The lowest BCUT2D eigenvalue weighted by Gasteiger charge is -2.35. The molecular weight excluding hydrogens is 493 g/mol. The van der Waals surface area contributed by atoms with Crippen molar-refractivity contribution in [2.75, 3.05) is 6.61 Å². The molecule has 2 aromatic rings. The van der Waals surface area contributed by atoms with Crippen LogP contribution in [0.4, 0.5) is 13.2 Å². The second-order valence-electron chi connectivity index (χ2n) is 10.2. The number of nitrogens with one attached hydrogen (secondary N) is 1. The lowest BCUT2D eigenvalue weighted by molar-refractivity contribution is -0.274. The predicted molar refractivity (Wildman–Crippen MR) is 124 cm³/mol. The number of imide groups is 1. The second kappa shape index (κ2) is 9.46. The molecule has 4 rings (SSSR count). The monoisotopic (exact) mass is 520 g/mol. The van der Waals surface area contributed by atoms with Gasteiger partial charge in [-0.05, 0) is 44.0 Å². The molecule has 0 bridgehead atoms. The molecule has 2 fully saturated rings. The lowest BCUT2D eigenvalue weighted by Crippen LogP contribution is -2.60. The number of hydrogen-bond donors (Lipinski definition) is 2. The zero-order valence-electron chi connectivity index (χ0n) is 20.4. The van der Waals surface area contributed by atoms with Gasteiger partial charge in [0.05, 0.1) is 25.0 Å². The molecule has 2 aliphatic rings. The Labute approximate surface area is 211 Å². The third-order valence-corrected chi connectivity index (χ3v) is 6.62. The topological polar surface area (TPSA) is 105 Å². The van der Waals surface area contributed by atoms with Crippen molar-refractivity contribution in [1.29, 1.82) is 0 Å². The molecule has 0 spiro atoms. The van der Waals surface area contributed by atoms with E-state index in [2.05, 4.69) is 10.1 Å². The van der Waals surface area contributed by atoms with Gasteiger partial charge in [0.25, 0.3) is 0 Å². The molecule has 2 saturated heterocycles. The zero-order valence-corrected chi connectivity index (χ0v) is 20.4. The summed E-state index contributed by atoms with van der Waals surface area (Å²) < 4.78 is 47.5. The molecule has 0 aliphatic carbocycles. The van der Waals surface area contributed by atoms with Crippen LogP contribution in [0.5, 0.6) is 5.75 Å². The SMILES string of the molecule is CC(C)(C)N1C(=O)C2C(c3ccc(OC(F)(F)F)cc3)NC(COCc3ccccc3)(C(=O)O)C2C1=O. The van der Waals surface area contributed by atoms with E-state index in [1.54, 1.807) is 45.0 Å². The van der Waals surface area contributed by atoms with Crippen LogP contribution in [0, 0.1) is 11.8 Å². The predicted octanol–water partition coefficient (Wildman–Crippen LogP) is 3.67. The molecule has 8 nitrogen and oxygen atoms in total. The summed E-state index contributed by atoms with van der Waals surface area (Å²) >= 11 is 0. The van der Waals surface area contributed by atoms with Gasteiger partial charge in [-0.2, -0.15) is 0 Å². The first-order valence-corrected chi connectivity index (χ1v) is 11.6. The fourth-order valence-electron chi connectivity index (χ4n) is 5.12. The molecule has 37 heavy (non-hydrogen) atoms. The number of hydrogen-bond acceptors (Lipinski definition) is 6. The number of carbonyl (C=O) groups is 3. The molecule has 198 valence electrons. The Morgan fingerprint density at radius 2 is 1.65 bits per heavy atom. The number of likely N-dealkylation sites (tertiary alicyclic amines) is 1. The Kier molecular flexibility index (Phi) is 6.80. The number of ether oxygens (including phenoxy) is 2. The van der Waals surface area contributed by atoms with E-state index < -0.39 is 65.5 Å². The maximum absolute atomic E-state index is 13.6. The third-order valence-electron chi connectivity index (χ3n) is 6.62. The summed E-state index contributed by atoms with van der Waals surface area (Å²) in [6.07, 6.45) is -4.88. The van der Waals surface area contributed by atoms with Gasteiger partial charge >= 0.3 is 12.3 Å². The maximum Gasteiger partial charge on any atom is 0.573 e. The highest BCUT2D eigenvalue weighted by Crippen LogP contribution is 2.50. The fraction of sp³-hybridized carbons (Fsp3) is 0.423. The minimum Gasteiger partial charge on any atom is -0.480 e. The average Bonchev–Trinajstić information content (AvgIpc) is 3.28. The van der Waals surface area contributed by atoms with E-state index in [-0.39, 0.29) is 6.61 Å². The number of carboxylic acids is 1. The number of fused-ring (bicyclic) bond motifs is 1. The van der Waals surface area contributed by atoms with Gasteiger partial charge in [-0.1, -0.05) is 42.5 Å². The summed E-state index contributed by atoms with van der Waals surface area (Å²) in [7, 11) is 0. The summed E-state index contributed by atoms with van der Waals surface area (Å²) in [4.78, 5) is 40.9. The second-order valence-corrected chi connectivity index (χ2v) is 10.2. The number of nitrogens with zero attached hydrogens (tertiary/aromatic N) is 1. The summed E-state index contributed by atoms with van der Waals surface area (Å²) in [5.41, 5.74) is -1.73. The van der Waals surface area contributed by atoms with Crippen LogP contribution in [0.2, 0.25) is 0 Å². The molecule has 0 radical (unpaired) electrons. The van der Waals surface area contributed by atoms with Gasteiger partial charge < -0.3 is 14.6 Å². The van der Waals surface area contributed by atoms with Crippen molar-refractivity contribution in [2.45, 2.75) is 50.9 Å². The van der Waals surface area contributed by atoms with Gasteiger partial charge in [0.1, 0.15) is 5.75 Å². The molecule has 11 heteroatoms. The number of amides is 2. The molecule has 0 aromatic heterocycles. The fourth-order valence-corrected chi connectivity index (χ4v) is 5.12. The Balaban J connectivity index is 1.71. The Morgan fingerprint density at radius 1 is 1.03 bits per heavy atom. The Morgan fingerprint density at radius 3 is 2.19 bits per heavy atom. The first-order valence-electron chi connectivity index (χ1n) is 11.6. The molecule has 2 N–H and O–H groups in total. The largest absolute Gasteiger partial charge is 0.573 e. The van der Waals surface area contributed by atoms with Gasteiger partial charge in [-0.15, -0.1) is 13.2 Å². The van der Waals surface area contributed by atoms with E-state index in [0.717, 1.165) is 22.6 Å².